The van der Waals surface area contributed by atoms with Crippen LogP contribution in [0.25, 0.3) is 0 Å². The first kappa shape index (κ1) is 15.5. The number of carbonyl (C=O) groups is 1. The number of hydrogen-bond acceptors (Lipinski definition) is 2. The van der Waals surface area contributed by atoms with E-state index < -0.39 is 0 Å². The molecule has 4 nitrogen and oxygen atoms in total. The molecule has 0 aliphatic rings. The smallest absolute Gasteiger partial charge is 0.261 e. The zero-order valence-corrected chi connectivity index (χ0v) is 12.1. The molecule has 0 bridgehead atoms. The van der Waals surface area contributed by atoms with Gasteiger partial charge in [-0.05, 0) is 30.9 Å². The predicted octanol–water partition coefficient (Wildman–Crippen LogP) is 2.42. The summed E-state index contributed by atoms with van der Waals surface area (Å²) in [5, 5.41) is 2.79. The molecule has 0 aromatic carbocycles. The van der Waals surface area contributed by atoms with Crippen LogP contribution in [0.15, 0.2) is 10.9 Å². The Morgan fingerprint density at radius 1 is 1.26 bits per heavy atom. The lowest BCUT2D eigenvalue weighted by atomic mass is 10.0. The number of aryl methyl sites for hydroxylation is 2. The Morgan fingerprint density at radius 3 is 2.58 bits per heavy atom. The van der Waals surface area contributed by atoms with E-state index in [1.807, 2.05) is 6.92 Å². The minimum atomic E-state index is -0.286. The van der Waals surface area contributed by atoms with Crippen molar-refractivity contribution in [1.82, 2.24) is 10.3 Å². The highest BCUT2D eigenvalue weighted by Crippen LogP contribution is 2.09. The van der Waals surface area contributed by atoms with Gasteiger partial charge in [-0.15, -0.1) is 0 Å². The van der Waals surface area contributed by atoms with Crippen LogP contribution in [0.3, 0.4) is 0 Å². The van der Waals surface area contributed by atoms with Gasteiger partial charge < -0.3 is 10.3 Å². The Bertz CT molecular complexity index is 478. The second kappa shape index (κ2) is 7.77. The molecule has 0 fully saturated rings. The van der Waals surface area contributed by atoms with Crippen molar-refractivity contribution in [1.29, 1.82) is 0 Å². The zero-order valence-electron chi connectivity index (χ0n) is 12.1. The van der Waals surface area contributed by atoms with Gasteiger partial charge >= 0.3 is 0 Å². The van der Waals surface area contributed by atoms with Crippen molar-refractivity contribution in [2.45, 2.75) is 52.9 Å². The van der Waals surface area contributed by atoms with E-state index in [-0.39, 0.29) is 17.0 Å². The molecule has 2 N–H and O–H groups in total. The molecule has 4 heteroatoms. The molecule has 0 saturated carbocycles. The first-order valence-corrected chi connectivity index (χ1v) is 7.17. The number of nitrogens with one attached hydrogen (secondary N) is 2. The average Bonchev–Trinajstić information content (AvgIpc) is 2.40. The standard InChI is InChI=1S/C15H24N2O2/c1-4-7-9-16-14(18)12-10-11(8-5-2)13(6-3)17-15(12)19/h10H,4-9H2,1-3H3,(H,16,18)(H,17,19). The minimum absolute atomic E-state index is 0.233. The zero-order chi connectivity index (χ0) is 14.3. The van der Waals surface area contributed by atoms with Crippen LogP contribution in [0.1, 0.15) is 61.6 Å². The molecule has 0 aliphatic heterocycles. The van der Waals surface area contributed by atoms with Gasteiger partial charge in [0.2, 0.25) is 0 Å². The second-order valence-corrected chi connectivity index (χ2v) is 4.73. The van der Waals surface area contributed by atoms with Crippen molar-refractivity contribution in [2.24, 2.45) is 0 Å². The highest BCUT2D eigenvalue weighted by atomic mass is 16.2. The van der Waals surface area contributed by atoms with Gasteiger partial charge in [-0.1, -0.05) is 33.6 Å². The van der Waals surface area contributed by atoms with Crippen LogP contribution in [0, 0.1) is 0 Å². The molecule has 0 atom stereocenters. The van der Waals surface area contributed by atoms with Gasteiger partial charge in [-0.3, -0.25) is 9.59 Å². The van der Waals surface area contributed by atoms with Crippen LogP contribution in [0.4, 0.5) is 0 Å². The van der Waals surface area contributed by atoms with Gasteiger partial charge in [-0.25, -0.2) is 0 Å². The summed E-state index contributed by atoms with van der Waals surface area (Å²) in [4.78, 5) is 26.7. The predicted molar refractivity (Wildman–Crippen MR) is 77.7 cm³/mol. The Kier molecular flexibility index (Phi) is 6.33. The molecule has 0 unspecified atom stereocenters. The van der Waals surface area contributed by atoms with E-state index in [2.05, 4.69) is 24.1 Å². The maximum Gasteiger partial charge on any atom is 0.261 e. The van der Waals surface area contributed by atoms with Crippen LogP contribution in [0.5, 0.6) is 0 Å². The first-order valence-electron chi connectivity index (χ1n) is 7.17. The highest BCUT2D eigenvalue weighted by molar-refractivity contribution is 5.94. The Morgan fingerprint density at radius 2 is 2.00 bits per heavy atom. The summed E-state index contributed by atoms with van der Waals surface area (Å²) in [5.74, 6) is -0.269. The molecule has 0 radical (unpaired) electrons. The molecule has 1 rings (SSSR count). The molecular formula is C15H24N2O2. The number of amides is 1. The third-order valence-corrected chi connectivity index (χ3v) is 3.15. The van der Waals surface area contributed by atoms with Crippen LogP contribution in [-0.4, -0.2) is 17.4 Å². The highest BCUT2D eigenvalue weighted by Gasteiger charge is 2.13. The van der Waals surface area contributed by atoms with Crippen molar-refractivity contribution in [2.75, 3.05) is 6.54 Å². The van der Waals surface area contributed by atoms with E-state index >= 15 is 0 Å². The molecule has 1 heterocycles. The number of hydrogen-bond donors (Lipinski definition) is 2. The Hall–Kier alpha value is -1.58. The lowest BCUT2D eigenvalue weighted by Gasteiger charge is -2.09. The molecule has 0 saturated heterocycles. The van der Waals surface area contributed by atoms with Gasteiger partial charge in [0.15, 0.2) is 0 Å². The molecule has 1 aromatic rings. The van der Waals surface area contributed by atoms with E-state index in [0.29, 0.717) is 6.54 Å². The Labute approximate surface area is 114 Å². The van der Waals surface area contributed by atoms with E-state index in [9.17, 15) is 9.59 Å². The van der Waals surface area contributed by atoms with Crippen LogP contribution in [0.2, 0.25) is 0 Å². The van der Waals surface area contributed by atoms with Crippen molar-refractivity contribution in [3.63, 3.8) is 0 Å². The number of H-pyrrole nitrogens is 1. The van der Waals surface area contributed by atoms with E-state index in [4.69, 9.17) is 0 Å². The maximum atomic E-state index is 12.0. The van der Waals surface area contributed by atoms with Crippen molar-refractivity contribution < 1.29 is 4.79 Å². The normalized spacial score (nSPS) is 10.5. The fourth-order valence-corrected chi connectivity index (χ4v) is 2.06. The molecule has 0 spiro atoms. The summed E-state index contributed by atoms with van der Waals surface area (Å²) in [6.45, 7) is 6.78. The van der Waals surface area contributed by atoms with Crippen LogP contribution >= 0.6 is 0 Å². The van der Waals surface area contributed by atoms with Crippen LogP contribution < -0.4 is 10.9 Å². The minimum Gasteiger partial charge on any atom is -0.352 e. The van der Waals surface area contributed by atoms with Gasteiger partial charge in [-0.2, -0.15) is 0 Å². The fraction of sp³-hybridized carbons (Fsp3) is 0.600. The van der Waals surface area contributed by atoms with Gasteiger partial charge in [0.25, 0.3) is 11.5 Å². The van der Waals surface area contributed by atoms with Gasteiger partial charge in [0.05, 0.1) is 0 Å². The number of unbranched alkanes of at least 4 members (excludes halogenated alkanes) is 1. The monoisotopic (exact) mass is 264 g/mol. The summed E-state index contributed by atoms with van der Waals surface area (Å²) in [5.41, 5.74) is 1.96. The number of aromatic nitrogens is 1. The molecule has 0 aliphatic carbocycles. The van der Waals surface area contributed by atoms with E-state index in [0.717, 1.165) is 43.4 Å². The maximum absolute atomic E-state index is 12.0. The largest absolute Gasteiger partial charge is 0.352 e. The SMILES string of the molecule is CCCCNC(=O)c1cc(CCC)c(CC)[nH]c1=O. The van der Waals surface area contributed by atoms with Crippen molar-refractivity contribution in [3.05, 3.63) is 33.2 Å². The lowest BCUT2D eigenvalue weighted by Crippen LogP contribution is -2.31. The Balaban J connectivity index is 2.97. The average molecular weight is 264 g/mol. The summed E-state index contributed by atoms with van der Waals surface area (Å²) < 4.78 is 0. The summed E-state index contributed by atoms with van der Waals surface area (Å²) in [6.07, 6.45) is 4.61. The van der Waals surface area contributed by atoms with Gasteiger partial charge in [0.1, 0.15) is 5.56 Å². The number of carbonyl (C=O) groups excluding carboxylic acids is 1. The summed E-state index contributed by atoms with van der Waals surface area (Å²) in [6, 6.07) is 1.75. The first-order chi connectivity index (χ1) is 9.13. The molecular weight excluding hydrogens is 240 g/mol. The van der Waals surface area contributed by atoms with E-state index in [1.165, 1.54) is 0 Å². The second-order valence-electron chi connectivity index (χ2n) is 4.73. The number of rotatable bonds is 7. The summed E-state index contributed by atoms with van der Waals surface area (Å²) in [7, 11) is 0. The summed E-state index contributed by atoms with van der Waals surface area (Å²) >= 11 is 0. The van der Waals surface area contributed by atoms with E-state index in [1.54, 1.807) is 6.07 Å². The fourth-order valence-electron chi connectivity index (χ4n) is 2.06. The quantitative estimate of drug-likeness (QED) is 0.743. The number of aromatic amines is 1. The van der Waals surface area contributed by atoms with Crippen molar-refractivity contribution >= 4 is 5.91 Å². The number of pyridine rings is 1. The van der Waals surface area contributed by atoms with Crippen molar-refractivity contribution in [3.8, 4) is 0 Å². The molecule has 19 heavy (non-hydrogen) atoms. The third-order valence-electron chi connectivity index (χ3n) is 3.15. The van der Waals surface area contributed by atoms with Crippen LogP contribution in [-0.2, 0) is 12.8 Å². The van der Waals surface area contributed by atoms with Gasteiger partial charge in [0, 0.05) is 12.2 Å². The third kappa shape index (κ3) is 4.23. The topological polar surface area (TPSA) is 62.0 Å². The molecule has 106 valence electrons. The lowest BCUT2D eigenvalue weighted by molar-refractivity contribution is 0.0951. The molecule has 1 aromatic heterocycles. The molecule has 1 amide bonds.